The maximum Gasteiger partial charge on any atom is 0.0371 e. The van der Waals surface area contributed by atoms with Crippen LogP contribution in [-0.4, -0.2) is 19.1 Å². The molecule has 0 heterocycles. The Morgan fingerprint density at radius 1 is 1.15 bits per heavy atom. The van der Waals surface area contributed by atoms with Gasteiger partial charge in [0.15, 0.2) is 0 Å². The molecule has 0 saturated heterocycles. The largest absolute Gasteiger partial charge is 0.369 e. The Labute approximate surface area is 125 Å². The van der Waals surface area contributed by atoms with Crippen molar-refractivity contribution in [2.75, 3.05) is 18.0 Å². The Balaban J connectivity index is 2.75. The standard InChI is InChI=1S/C18H32N2/c1-7-10-20(15(4)5)18-9-8-17(16(6)11-18)13-19-12-14(2)3/h8-9,11,14-15,19H,7,10,12-13H2,1-6H3. The van der Waals surface area contributed by atoms with Crippen molar-refractivity contribution in [1.82, 2.24) is 5.32 Å². The van der Waals surface area contributed by atoms with Gasteiger partial charge in [0.1, 0.15) is 0 Å². The molecule has 0 saturated carbocycles. The predicted octanol–water partition coefficient (Wildman–Crippen LogP) is 4.37. The van der Waals surface area contributed by atoms with E-state index in [0.717, 1.165) is 19.6 Å². The highest BCUT2D eigenvalue weighted by atomic mass is 15.1. The summed E-state index contributed by atoms with van der Waals surface area (Å²) in [6, 6.07) is 7.44. The van der Waals surface area contributed by atoms with E-state index in [1.54, 1.807) is 0 Å². The molecule has 0 aromatic heterocycles. The zero-order chi connectivity index (χ0) is 15.1. The molecule has 0 aliphatic heterocycles. The molecule has 0 radical (unpaired) electrons. The van der Waals surface area contributed by atoms with Gasteiger partial charge in [0, 0.05) is 24.8 Å². The number of nitrogens with zero attached hydrogens (tertiary/aromatic N) is 1. The van der Waals surface area contributed by atoms with E-state index in [0.29, 0.717) is 12.0 Å². The second-order valence-corrected chi connectivity index (χ2v) is 6.42. The number of benzene rings is 1. The van der Waals surface area contributed by atoms with Crippen LogP contribution in [0.15, 0.2) is 18.2 Å². The lowest BCUT2D eigenvalue weighted by Crippen LogP contribution is -2.31. The van der Waals surface area contributed by atoms with Gasteiger partial charge >= 0.3 is 0 Å². The summed E-state index contributed by atoms with van der Waals surface area (Å²) in [5.74, 6) is 0.704. The second-order valence-electron chi connectivity index (χ2n) is 6.42. The quantitative estimate of drug-likeness (QED) is 0.758. The molecule has 1 N–H and O–H groups in total. The Bertz CT molecular complexity index is 396. The molecule has 1 rings (SSSR count). The Morgan fingerprint density at radius 2 is 1.85 bits per heavy atom. The highest BCUT2D eigenvalue weighted by Gasteiger charge is 2.10. The minimum atomic E-state index is 0.555. The summed E-state index contributed by atoms with van der Waals surface area (Å²) < 4.78 is 0. The van der Waals surface area contributed by atoms with E-state index in [-0.39, 0.29) is 0 Å². The van der Waals surface area contributed by atoms with E-state index in [9.17, 15) is 0 Å². The van der Waals surface area contributed by atoms with Gasteiger partial charge < -0.3 is 10.2 Å². The van der Waals surface area contributed by atoms with Gasteiger partial charge in [0.05, 0.1) is 0 Å². The highest BCUT2D eigenvalue weighted by Crippen LogP contribution is 2.21. The minimum absolute atomic E-state index is 0.555. The summed E-state index contributed by atoms with van der Waals surface area (Å²) in [5, 5.41) is 3.52. The highest BCUT2D eigenvalue weighted by molar-refractivity contribution is 5.51. The molecule has 0 amide bonds. The molecule has 1 aromatic carbocycles. The number of rotatable bonds is 8. The third-order valence-corrected chi connectivity index (χ3v) is 3.61. The molecule has 2 heteroatoms. The fourth-order valence-electron chi connectivity index (χ4n) is 2.48. The number of aryl methyl sites for hydroxylation is 1. The number of hydrogen-bond acceptors (Lipinski definition) is 2. The zero-order valence-electron chi connectivity index (χ0n) is 14.2. The van der Waals surface area contributed by atoms with Crippen LogP contribution in [-0.2, 0) is 6.54 Å². The van der Waals surface area contributed by atoms with Crippen LogP contribution in [0.4, 0.5) is 5.69 Å². The van der Waals surface area contributed by atoms with Gasteiger partial charge in [0.25, 0.3) is 0 Å². The first kappa shape index (κ1) is 17.0. The molecule has 0 aliphatic rings. The van der Waals surface area contributed by atoms with Crippen LogP contribution in [0.1, 0.15) is 52.2 Å². The molecular formula is C18H32N2. The average Bonchev–Trinajstić information content (AvgIpc) is 2.37. The molecule has 0 unspecified atom stereocenters. The zero-order valence-corrected chi connectivity index (χ0v) is 14.2. The minimum Gasteiger partial charge on any atom is -0.369 e. The lowest BCUT2D eigenvalue weighted by atomic mass is 10.1. The van der Waals surface area contributed by atoms with Crippen molar-refractivity contribution in [2.45, 2.75) is 60.5 Å². The van der Waals surface area contributed by atoms with Gasteiger partial charge in [-0.3, -0.25) is 0 Å². The van der Waals surface area contributed by atoms with Gasteiger partial charge in [-0.25, -0.2) is 0 Å². The van der Waals surface area contributed by atoms with Gasteiger partial charge in [0.2, 0.25) is 0 Å². The lowest BCUT2D eigenvalue weighted by molar-refractivity contribution is 0.551. The predicted molar refractivity (Wildman–Crippen MR) is 90.5 cm³/mol. The topological polar surface area (TPSA) is 15.3 Å². The molecule has 0 bridgehead atoms. The van der Waals surface area contributed by atoms with E-state index < -0.39 is 0 Å². The summed E-state index contributed by atoms with van der Waals surface area (Å²) in [4.78, 5) is 2.48. The molecule has 2 nitrogen and oxygen atoms in total. The monoisotopic (exact) mass is 276 g/mol. The van der Waals surface area contributed by atoms with E-state index in [2.05, 4.69) is 70.0 Å². The number of nitrogens with one attached hydrogen (secondary N) is 1. The van der Waals surface area contributed by atoms with Crippen molar-refractivity contribution in [3.8, 4) is 0 Å². The maximum absolute atomic E-state index is 3.52. The molecule has 20 heavy (non-hydrogen) atoms. The van der Waals surface area contributed by atoms with Crippen LogP contribution in [0.25, 0.3) is 0 Å². The normalized spacial score (nSPS) is 11.4. The van der Waals surface area contributed by atoms with E-state index in [1.165, 1.54) is 23.2 Å². The summed E-state index contributed by atoms with van der Waals surface area (Å²) >= 11 is 0. The smallest absolute Gasteiger partial charge is 0.0371 e. The van der Waals surface area contributed by atoms with Crippen molar-refractivity contribution < 1.29 is 0 Å². The first-order valence-electron chi connectivity index (χ1n) is 8.02. The lowest BCUT2D eigenvalue weighted by Gasteiger charge is -2.29. The van der Waals surface area contributed by atoms with Crippen molar-refractivity contribution in [3.05, 3.63) is 29.3 Å². The van der Waals surface area contributed by atoms with Crippen molar-refractivity contribution >= 4 is 5.69 Å². The molecule has 114 valence electrons. The van der Waals surface area contributed by atoms with Crippen molar-refractivity contribution in [3.63, 3.8) is 0 Å². The molecule has 0 fully saturated rings. The fourth-order valence-corrected chi connectivity index (χ4v) is 2.48. The Kier molecular flexibility index (Phi) is 7.08. The van der Waals surface area contributed by atoms with E-state index in [1.807, 2.05) is 0 Å². The molecular weight excluding hydrogens is 244 g/mol. The van der Waals surface area contributed by atoms with Gasteiger partial charge in [-0.1, -0.05) is 26.8 Å². The molecule has 0 spiro atoms. The third kappa shape index (κ3) is 5.16. The van der Waals surface area contributed by atoms with Crippen molar-refractivity contribution in [1.29, 1.82) is 0 Å². The number of hydrogen-bond donors (Lipinski definition) is 1. The second kappa shape index (κ2) is 8.31. The fraction of sp³-hybridized carbons (Fsp3) is 0.667. The van der Waals surface area contributed by atoms with E-state index in [4.69, 9.17) is 0 Å². The first-order chi connectivity index (χ1) is 9.45. The van der Waals surface area contributed by atoms with Crippen molar-refractivity contribution in [2.24, 2.45) is 5.92 Å². The van der Waals surface area contributed by atoms with Gasteiger partial charge in [-0.15, -0.1) is 0 Å². The Morgan fingerprint density at radius 3 is 2.35 bits per heavy atom. The van der Waals surface area contributed by atoms with Crippen LogP contribution in [0.5, 0.6) is 0 Å². The molecule has 0 atom stereocenters. The maximum atomic E-state index is 3.52. The first-order valence-corrected chi connectivity index (χ1v) is 8.02. The average molecular weight is 276 g/mol. The van der Waals surface area contributed by atoms with Gasteiger partial charge in [-0.05, 0) is 62.9 Å². The molecule has 0 aliphatic carbocycles. The molecule has 1 aromatic rings. The SMILES string of the molecule is CCCN(c1ccc(CNCC(C)C)c(C)c1)C(C)C. The van der Waals surface area contributed by atoms with Crippen LogP contribution in [0.3, 0.4) is 0 Å². The number of anilines is 1. The third-order valence-electron chi connectivity index (χ3n) is 3.61. The van der Waals surface area contributed by atoms with Crippen LogP contribution < -0.4 is 10.2 Å². The Hall–Kier alpha value is -1.02. The summed E-state index contributed by atoms with van der Waals surface area (Å²) in [5.41, 5.74) is 4.15. The van der Waals surface area contributed by atoms with Crippen LogP contribution in [0, 0.1) is 12.8 Å². The van der Waals surface area contributed by atoms with Crippen LogP contribution >= 0.6 is 0 Å². The van der Waals surface area contributed by atoms with Crippen LogP contribution in [0.2, 0.25) is 0 Å². The summed E-state index contributed by atoms with van der Waals surface area (Å²) in [6.07, 6.45) is 1.19. The summed E-state index contributed by atoms with van der Waals surface area (Å²) in [7, 11) is 0. The van der Waals surface area contributed by atoms with Gasteiger partial charge in [-0.2, -0.15) is 0 Å². The van der Waals surface area contributed by atoms with E-state index >= 15 is 0 Å². The summed E-state index contributed by atoms with van der Waals surface area (Å²) in [6.45, 7) is 16.7.